The van der Waals surface area contributed by atoms with Crippen LogP contribution in [0.2, 0.25) is 0 Å². The molecule has 6 heteroatoms. The zero-order chi connectivity index (χ0) is 20.0. The van der Waals surface area contributed by atoms with Crippen molar-refractivity contribution in [3.63, 3.8) is 0 Å². The third-order valence-corrected chi connectivity index (χ3v) is 4.09. The lowest BCUT2D eigenvalue weighted by Gasteiger charge is -2.18. The van der Waals surface area contributed by atoms with Gasteiger partial charge in [-0.15, -0.1) is 0 Å². The molecule has 2 aromatic rings. The Labute approximate surface area is 159 Å². The van der Waals surface area contributed by atoms with Crippen molar-refractivity contribution in [3.05, 3.63) is 58.5 Å². The molecular weight excluding hydrogens is 342 g/mol. The predicted molar refractivity (Wildman–Crippen MR) is 107 cm³/mol. The van der Waals surface area contributed by atoms with E-state index in [1.165, 1.54) is 10.6 Å². The molecule has 0 fully saturated rings. The molecule has 0 spiro atoms. The SMILES string of the molecule is CCCCNC(=O)c1cccn(-c2ccc(NC(=O)C(C)(C)C)cc2)c1=O. The number of nitrogens with one attached hydrogen (secondary N) is 2. The van der Waals surface area contributed by atoms with Gasteiger partial charge < -0.3 is 10.6 Å². The van der Waals surface area contributed by atoms with Crippen molar-refractivity contribution in [1.29, 1.82) is 0 Å². The van der Waals surface area contributed by atoms with E-state index >= 15 is 0 Å². The number of carbonyl (C=O) groups excluding carboxylic acids is 2. The fraction of sp³-hybridized carbons (Fsp3) is 0.381. The molecule has 2 N–H and O–H groups in total. The number of hydrogen-bond donors (Lipinski definition) is 2. The minimum absolute atomic E-state index is 0.0850. The van der Waals surface area contributed by atoms with Crippen molar-refractivity contribution >= 4 is 17.5 Å². The maximum Gasteiger partial charge on any atom is 0.267 e. The first-order valence-electron chi connectivity index (χ1n) is 9.16. The molecule has 0 bridgehead atoms. The molecule has 1 aromatic heterocycles. The zero-order valence-corrected chi connectivity index (χ0v) is 16.3. The average Bonchev–Trinajstić information content (AvgIpc) is 2.62. The third-order valence-electron chi connectivity index (χ3n) is 4.09. The molecule has 0 saturated carbocycles. The molecule has 1 aromatic carbocycles. The number of nitrogens with zero attached hydrogens (tertiary/aromatic N) is 1. The number of aromatic nitrogens is 1. The summed E-state index contributed by atoms with van der Waals surface area (Å²) in [5.74, 6) is -0.449. The lowest BCUT2D eigenvalue weighted by atomic mass is 9.95. The van der Waals surface area contributed by atoms with Gasteiger partial charge in [-0.1, -0.05) is 34.1 Å². The van der Waals surface area contributed by atoms with Gasteiger partial charge in [-0.05, 0) is 42.8 Å². The normalized spacial score (nSPS) is 11.1. The molecular formula is C21H27N3O3. The molecule has 0 aliphatic carbocycles. The van der Waals surface area contributed by atoms with Gasteiger partial charge in [-0.3, -0.25) is 19.0 Å². The third kappa shape index (κ3) is 5.29. The number of pyridine rings is 1. The largest absolute Gasteiger partial charge is 0.352 e. The van der Waals surface area contributed by atoms with Gasteiger partial charge in [-0.2, -0.15) is 0 Å². The Morgan fingerprint density at radius 2 is 1.74 bits per heavy atom. The van der Waals surface area contributed by atoms with E-state index in [1.54, 1.807) is 36.5 Å². The van der Waals surface area contributed by atoms with E-state index in [4.69, 9.17) is 0 Å². The summed E-state index contributed by atoms with van der Waals surface area (Å²) in [6.07, 6.45) is 3.46. The zero-order valence-electron chi connectivity index (χ0n) is 16.3. The van der Waals surface area contributed by atoms with E-state index in [2.05, 4.69) is 10.6 Å². The van der Waals surface area contributed by atoms with Gasteiger partial charge in [0, 0.05) is 29.5 Å². The number of unbranched alkanes of at least 4 members (excludes halogenated alkanes) is 1. The molecule has 2 rings (SSSR count). The summed E-state index contributed by atoms with van der Waals surface area (Å²) in [5.41, 5.74) is 0.517. The summed E-state index contributed by atoms with van der Waals surface area (Å²) in [7, 11) is 0. The van der Waals surface area contributed by atoms with Crippen LogP contribution in [0.3, 0.4) is 0 Å². The highest BCUT2D eigenvalue weighted by atomic mass is 16.2. The molecule has 6 nitrogen and oxygen atoms in total. The van der Waals surface area contributed by atoms with E-state index < -0.39 is 5.41 Å². The number of anilines is 1. The van der Waals surface area contributed by atoms with Crippen molar-refractivity contribution in [1.82, 2.24) is 9.88 Å². The van der Waals surface area contributed by atoms with E-state index in [1.807, 2.05) is 27.7 Å². The van der Waals surface area contributed by atoms with Crippen molar-refractivity contribution in [3.8, 4) is 5.69 Å². The second-order valence-electron chi connectivity index (χ2n) is 7.46. The van der Waals surface area contributed by atoms with Crippen LogP contribution in [0, 0.1) is 5.41 Å². The van der Waals surface area contributed by atoms with Crippen molar-refractivity contribution < 1.29 is 9.59 Å². The van der Waals surface area contributed by atoms with Crippen molar-refractivity contribution in [2.24, 2.45) is 5.41 Å². The standard InChI is InChI=1S/C21H27N3O3/c1-5-6-13-22-18(25)17-8-7-14-24(19(17)26)16-11-9-15(10-12-16)23-20(27)21(2,3)4/h7-12,14H,5-6,13H2,1-4H3,(H,22,25)(H,23,27). The first kappa shape index (κ1) is 20.4. The van der Waals surface area contributed by atoms with Crippen LogP contribution in [0.1, 0.15) is 50.9 Å². The van der Waals surface area contributed by atoms with Crippen LogP contribution in [-0.4, -0.2) is 22.9 Å². The maximum absolute atomic E-state index is 12.7. The van der Waals surface area contributed by atoms with E-state index in [9.17, 15) is 14.4 Å². The lowest BCUT2D eigenvalue weighted by Crippen LogP contribution is -2.32. The fourth-order valence-electron chi connectivity index (χ4n) is 2.37. The van der Waals surface area contributed by atoms with Crippen LogP contribution in [0.5, 0.6) is 0 Å². The molecule has 144 valence electrons. The predicted octanol–water partition coefficient (Wildman–Crippen LogP) is 3.35. The van der Waals surface area contributed by atoms with Gasteiger partial charge in [0.1, 0.15) is 5.56 Å². The number of carbonyl (C=O) groups is 2. The van der Waals surface area contributed by atoms with Gasteiger partial charge in [-0.25, -0.2) is 0 Å². The van der Waals surface area contributed by atoms with E-state index in [-0.39, 0.29) is 22.9 Å². The molecule has 2 amide bonds. The van der Waals surface area contributed by atoms with Gasteiger partial charge in [0.25, 0.3) is 11.5 Å². The molecule has 0 unspecified atom stereocenters. The Balaban J connectivity index is 2.21. The quantitative estimate of drug-likeness (QED) is 0.766. The number of benzene rings is 1. The van der Waals surface area contributed by atoms with Crippen molar-refractivity contribution in [2.45, 2.75) is 40.5 Å². The maximum atomic E-state index is 12.7. The van der Waals surface area contributed by atoms with E-state index in [0.717, 1.165) is 12.8 Å². The Morgan fingerprint density at radius 1 is 1.07 bits per heavy atom. The molecule has 0 saturated heterocycles. The average molecular weight is 369 g/mol. The monoisotopic (exact) mass is 369 g/mol. The summed E-state index contributed by atoms with van der Waals surface area (Å²) in [5, 5.41) is 5.61. The van der Waals surface area contributed by atoms with Crippen molar-refractivity contribution in [2.75, 3.05) is 11.9 Å². The highest BCUT2D eigenvalue weighted by Gasteiger charge is 2.21. The van der Waals surface area contributed by atoms with Crippen LogP contribution in [0.15, 0.2) is 47.4 Å². The smallest absolute Gasteiger partial charge is 0.267 e. The fourth-order valence-corrected chi connectivity index (χ4v) is 2.37. The second kappa shape index (κ2) is 8.66. The summed E-state index contributed by atoms with van der Waals surface area (Å²) in [6.45, 7) is 8.11. The lowest BCUT2D eigenvalue weighted by molar-refractivity contribution is -0.123. The number of rotatable bonds is 6. The molecule has 0 aliphatic heterocycles. The Morgan fingerprint density at radius 3 is 2.33 bits per heavy atom. The number of amides is 2. The Hall–Kier alpha value is -2.89. The minimum atomic E-state index is -0.491. The van der Waals surface area contributed by atoms with Crippen LogP contribution in [0.25, 0.3) is 5.69 Å². The topological polar surface area (TPSA) is 80.2 Å². The summed E-state index contributed by atoms with van der Waals surface area (Å²) in [4.78, 5) is 37.0. The van der Waals surface area contributed by atoms with Crippen LogP contribution in [0.4, 0.5) is 5.69 Å². The number of hydrogen-bond acceptors (Lipinski definition) is 3. The van der Waals surface area contributed by atoms with Crippen LogP contribution < -0.4 is 16.2 Å². The minimum Gasteiger partial charge on any atom is -0.352 e. The molecule has 0 radical (unpaired) electrons. The molecule has 1 heterocycles. The van der Waals surface area contributed by atoms with Crippen LogP contribution in [-0.2, 0) is 4.79 Å². The van der Waals surface area contributed by atoms with Gasteiger partial charge in [0.2, 0.25) is 5.91 Å². The molecule has 0 aliphatic rings. The Kier molecular flexibility index (Phi) is 6.55. The molecule has 27 heavy (non-hydrogen) atoms. The van der Waals surface area contributed by atoms with Gasteiger partial charge >= 0.3 is 0 Å². The molecule has 0 atom stereocenters. The van der Waals surface area contributed by atoms with E-state index in [0.29, 0.717) is 17.9 Å². The highest BCUT2D eigenvalue weighted by Crippen LogP contribution is 2.18. The first-order valence-corrected chi connectivity index (χ1v) is 9.16. The summed E-state index contributed by atoms with van der Waals surface area (Å²) in [6, 6.07) is 10.1. The highest BCUT2D eigenvalue weighted by molar-refractivity contribution is 5.95. The first-order chi connectivity index (χ1) is 12.7. The van der Waals surface area contributed by atoms with Crippen LogP contribution >= 0.6 is 0 Å². The summed E-state index contributed by atoms with van der Waals surface area (Å²) < 4.78 is 1.42. The summed E-state index contributed by atoms with van der Waals surface area (Å²) >= 11 is 0. The van der Waals surface area contributed by atoms with Gasteiger partial charge in [0.05, 0.1) is 0 Å². The van der Waals surface area contributed by atoms with Gasteiger partial charge in [0.15, 0.2) is 0 Å². The second-order valence-corrected chi connectivity index (χ2v) is 7.46. The Bertz CT molecular complexity index is 861.